The van der Waals surface area contributed by atoms with Crippen LogP contribution in [0.3, 0.4) is 0 Å². The van der Waals surface area contributed by atoms with E-state index in [0.717, 1.165) is 49.2 Å². The normalized spacial score (nSPS) is 17.0. The van der Waals surface area contributed by atoms with Crippen molar-refractivity contribution >= 4 is 68.8 Å². The van der Waals surface area contributed by atoms with Gasteiger partial charge < -0.3 is 71.9 Å². The molecule has 3 unspecified atom stereocenters. The molecule has 3 heterocycles. The highest BCUT2D eigenvalue weighted by molar-refractivity contribution is 5.84. The molecule has 54 heavy (non-hydrogen) atoms. The summed E-state index contributed by atoms with van der Waals surface area (Å²) in [6, 6.07) is 23.3. The number of ketones is 6. The summed E-state index contributed by atoms with van der Waals surface area (Å²) in [5.74, 6) is 0.551. The number of hydrazine groups is 3. The SMILES string of the molecule is CC(=O)CN1N[NH+](CC(C)=O)c2ccccc21.CC(=O)CN1N[NH+](CC(C)=O)c2ccccc21.CC(=O)CN1N[NH+](CC(C)=O)c2ccccc21.[I-].[I-].[I-]. The van der Waals surface area contributed by atoms with Gasteiger partial charge in [0.1, 0.15) is 17.1 Å². The van der Waals surface area contributed by atoms with Gasteiger partial charge in [-0.15, -0.1) is 0 Å². The van der Waals surface area contributed by atoms with Crippen molar-refractivity contribution in [2.45, 2.75) is 41.5 Å². The lowest BCUT2D eigenvalue weighted by Crippen LogP contribution is -3.14. The number of nitrogens with one attached hydrogen (secondary N) is 6. The minimum Gasteiger partial charge on any atom is -1.00 e. The quantitative estimate of drug-likeness (QED) is 0.0954. The van der Waals surface area contributed by atoms with Crippen LogP contribution in [0.2, 0.25) is 0 Å². The fraction of sp³-hybridized carbons (Fsp3) is 0.333. The monoisotopic (exact) mass is 1080 g/mol. The molecule has 3 aromatic rings. The highest BCUT2D eigenvalue weighted by Crippen LogP contribution is 2.25. The Kier molecular flexibility index (Phi) is 21.1. The van der Waals surface area contributed by atoms with E-state index in [2.05, 4.69) is 16.6 Å². The molecular weight excluding hydrogens is 1040 g/mol. The summed E-state index contributed by atoms with van der Waals surface area (Å²) in [4.78, 5) is 67.1. The van der Waals surface area contributed by atoms with Crippen molar-refractivity contribution in [3.63, 3.8) is 0 Å². The van der Waals surface area contributed by atoms with E-state index in [-0.39, 0.29) is 107 Å². The van der Waals surface area contributed by atoms with Gasteiger partial charge in [-0.05, 0) is 39.0 Å². The minimum absolute atomic E-state index is 0. The van der Waals surface area contributed by atoms with Crippen LogP contribution >= 0.6 is 0 Å². The summed E-state index contributed by atoms with van der Waals surface area (Å²) in [6.45, 7) is 11.3. The Labute approximate surface area is 367 Å². The number of carbonyl (C=O) groups is 6. The summed E-state index contributed by atoms with van der Waals surface area (Å²) in [6.07, 6.45) is 0. The van der Waals surface area contributed by atoms with Gasteiger partial charge in [0.05, 0.1) is 19.6 Å². The third-order valence-electron chi connectivity index (χ3n) is 7.79. The number of carbonyl (C=O) groups excluding carboxylic acids is 6. The number of anilines is 3. The molecule has 0 saturated heterocycles. The Bertz CT molecular complexity index is 1470. The highest BCUT2D eigenvalue weighted by atomic mass is 127. The molecule has 0 saturated carbocycles. The van der Waals surface area contributed by atoms with Crippen LogP contribution in [0.5, 0.6) is 0 Å². The molecule has 0 aliphatic carbocycles. The molecule has 3 aromatic carbocycles. The maximum absolute atomic E-state index is 11.2. The maximum Gasteiger partial charge on any atom is 0.186 e. The van der Waals surface area contributed by atoms with Crippen molar-refractivity contribution in [2.75, 3.05) is 54.3 Å². The lowest BCUT2D eigenvalue weighted by Gasteiger charge is -2.15. The number of nitrogens with zero attached hydrogens (tertiary/aromatic N) is 3. The van der Waals surface area contributed by atoms with Crippen molar-refractivity contribution in [1.82, 2.24) is 16.6 Å². The van der Waals surface area contributed by atoms with E-state index in [4.69, 9.17) is 0 Å². The second-order valence-electron chi connectivity index (χ2n) is 12.8. The number of halogens is 3. The summed E-state index contributed by atoms with van der Waals surface area (Å²) >= 11 is 0. The first-order valence-electron chi connectivity index (χ1n) is 16.7. The Balaban J connectivity index is 0.000000394. The lowest BCUT2D eigenvalue weighted by atomic mass is 10.2. The molecule has 0 spiro atoms. The Morgan fingerprint density at radius 1 is 0.407 bits per heavy atom. The average molecular weight is 1080 g/mol. The molecule has 3 aliphatic rings. The largest absolute Gasteiger partial charge is 1.00 e. The van der Waals surface area contributed by atoms with Gasteiger partial charge in [0, 0.05) is 39.0 Å². The lowest BCUT2D eigenvalue weighted by molar-refractivity contribution is -0.867. The zero-order valence-electron chi connectivity index (χ0n) is 31.1. The summed E-state index contributed by atoms with van der Waals surface area (Å²) in [5, 5.41) is 7.97. The number of quaternary nitrogens is 3. The molecule has 3 atom stereocenters. The molecular formula is C36H48I3N9O6. The van der Waals surface area contributed by atoms with Gasteiger partial charge in [0.15, 0.2) is 71.4 Å². The summed E-state index contributed by atoms with van der Waals surface area (Å²) in [7, 11) is 0. The maximum atomic E-state index is 11.2. The number of hydrogen-bond donors (Lipinski definition) is 6. The molecule has 294 valence electrons. The van der Waals surface area contributed by atoms with Crippen molar-refractivity contribution in [3.05, 3.63) is 72.8 Å². The van der Waals surface area contributed by atoms with Gasteiger partial charge in [-0.25, -0.2) is 0 Å². The van der Waals surface area contributed by atoms with Crippen LogP contribution in [-0.4, -0.2) is 74.0 Å². The fourth-order valence-corrected chi connectivity index (χ4v) is 5.94. The minimum atomic E-state index is 0. The number of Topliss-reactive ketones (excluding diaryl/α,β-unsaturated/α-hetero) is 6. The van der Waals surface area contributed by atoms with E-state index in [1.165, 1.54) is 0 Å². The van der Waals surface area contributed by atoms with Crippen molar-refractivity contribution in [2.24, 2.45) is 0 Å². The van der Waals surface area contributed by atoms with Crippen molar-refractivity contribution in [3.8, 4) is 0 Å². The van der Waals surface area contributed by atoms with Gasteiger partial charge >= 0.3 is 0 Å². The van der Waals surface area contributed by atoms with Crippen LogP contribution in [0.25, 0.3) is 0 Å². The molecule has 0 fully saturated rings. The first-order valence-corrected chi connectivity index (χ1v) is 16.7. The van der Waals surface area contributed by atoms with E-state index in [9.17, 15) is 28.8 Å². The van der Waals surface area contributed by atoms with E-state index in [1.54, 1.807) is 56.6 Å². The number of rotatable bonds is 12. The van der Waals surface area contributed by atoms with Gasteiger partial charge in [0.2, 0.25) is 0 Å². The van der Waals surface area contributed by atoms with E-state index in [0.29, 0.717) is 39.3 Å². The molecule has 3 aliphatic heterocycles. The number of fused-ring (bicyclic) bond motifs is 3. The fourth-order valence-electron chi connectivity index (χ4n) is 5.94. The predicted molar refractivity (Wildman–Crippen MR) is 191 cm³/mol. The molecule has 0 aromatic heterocycles. The Morgan fingerprint density at radius 2 is 0.630 bits per heavy atom. The Hall–Kier alpha value is -2.97. The average Bonchev–Trinajstić information content (AvgIpc) is 3.68. The second-order valence-corrected chi connectivity index (χ2v) is 12.8. The van der Waals surface area contributed by atoms with Gasteiger partial charge in [0.25, 0.3) is 0 Å². The molecule has 6 rings (SSSR count). The molecule has 0 radical (unpaired) electrons. The van der Waals surface area contributed by atoms with E-state index >= 15 is 0 Å². The van der Waals surface area contributed by atoms with Gasteiger partial charge in [-0.1, -0.05) is 53.0 Å². The van der Waals surface area contributed by atoms with Crippen LogP contribution in [0.15, 0.2) is 72.8 Å². The third-order valence-corrected chi connectivity index (χ3v) is 7.79. The van der Waals surface area contributed by atoms with E-state index in [1.807, 2.05) is 72.8 Å². The predicted octanol–water partition coefficient (Wildman–Crippen LogP) is -10.1. The molecule has 0 bridgehead atoms. The molecule has 15 nitrogen and oxygen atoms in total. The first kappa shape index (κ1) is 49.0. The zero-order chi connectivity index (χ0) is 37.2. The standard InChI is InChI=1S/3C12H15N3O2.3HI/c3*1-9(16)7-14-11-5-3-4-6-12(11)15(13-14)8-10(2)17;;;/h3*3-6,13H,7-8H2,1-2H3;3*1H. The first-order chi connectivity index (χ1) is 24.2. The van der Waals surface area contributed by atoms with Gasteiger partial charge in [-0.2, -0.15) is 15.0 Å². The van der Waals surface area contributed by atoms with Gasteiger partial charge in [-0.3, -0.25) is 43.8 Å². The van der Waals surface area contributed by atoms with Crippen LogP contribution < -0.4 is 119 Å². The molecule has 18 heteroatoms. The summed E-state index contributed by atoms with van der Waals surface area (Å²) in [5.41, 5.74) is 15.3. The molecule has 0 amide bonds. The number of hydrogen-bond acceptors (Lipinski definition) is 12. The van der Waals surface area contributed by atoms with Crippen molar-refractivity contribution in [1.29, 1.82) is 0 Å². The molecule has 6 N–H and O–H groups in total. The van der Waals surface area contributed by atoms with E-state index < -0.39 is 0 Å². The zero-order valence-corrected chi connectivity index (χ0v) is 37.6. The van der Waals surface area contributed by atoms with Crippen LogP contribution in [0, 0.1) is 0 Å². The smallest absolute Gasteiger partial charge is 0.186 e. The van der Waals surface area contributed by atoms with Crippen molar-refractivity contribution < 1.29 is 116 Å². The third kappa shape index (κ3) is 14.0. The summed E-state index contributed by atoms with van der Waals surface area (Å²) < 4.78 is 0. The van der Waals surface area contributed by atoms with Crippen LogP contribution in [-0.2, 0) is 28.8 Å². The van der Waals surface area contributed by atoms with Crippen LogP contribution in [0.1, 0.15) is 41.5 Å². The highest BCUT2D eigenvalue weighted by Gasteiger charge is 2.34. The Morgan fingerprint density at radius 3 is 0.833 bits per heavy atom. The van der Waals surface area contributed by atoms with Crippen LogP contribution in [0.4, 0.5) is 34.1 Å². The number of para-hydroxylation sites is 6. The second kappa shape index (κ2) is 23.2. The number of benzene rings is 3. The topological polar surface area (TPSA) is 162 Å².